The van der Waals surface area contributed by atoms with Crippen molar-refractivity contribution in [3.05, 3.63) is 77.6 Å². The summed E-state index contributed by atoms with van der Waals surface area (Å²) in [6.07, 6.45) is 6.84. The van der Waals surface area contributed by atoms with Crippen molar-refractivity contribution in [2.24, 2.45) is 0 Å². The Morgan fingerprint density at radius 2 is 1.95 bits per heavy atom. The van der Waals surface area contributed by atoms with Crippen molar-refractivity contribution in [1.82, 2.24) is 19.5 Å². The Kier molecular flexibility index (Phi) is 2.83. The first-order chi connectivity index (χ1) is 10.8. The number of hydrogen-bond donors (Lipinski definition) is 1. The standard InChI is InChI=1S/C17H12N4O/c22-17-15(4-2-8-20-17)21-10-9-19-16(21)13-6-5-12-3-1-7-18-14(12)11-13/h1-11H,(H,20,22). The van der Waals surface area contributed by atoms with Crippen LogP contribution in [0.4, 0.5) is 0 Å². The summed E-state index contributed by atoms with van der Waals surface area (Å²) >= 11 is 0. The average Bonchev–Trinajstić information content (AvgIpc) is 3.04. The molecular formula is C17H12N4O. The Hall–Kier alpha value is -3.21. The zero-order chi connectivity index (χ0) is 14.9. The zero-order valence-corrected chi connectivity index (χ0v) is 11.6. The predicted octanol–water partition coefficient (Wildman–Crippen LogP) is 2.78. The fourth-order valence-corrected chi connectivity index (χ4v) is 2.52. The summed E-state index contributed by atoms with van der Waals surface area (Å²) in [5.41, 5.74) is 2.20. The molecule has 4 aromatic rings. The van der Waals surface area contributed by atoms with Crippen molar-refractivity contribution in [1.29, 1.82) is 0 Å². The topological polar surface area (TPSA) is 63.6 Å². The van der Waals surface area contributed by atoms with Crippen LogP contribution in [0.25, 0.3) is 28.0 Å². The van der Waals surface area contributed by atoms with Gasteiger partial charge in [-0.1, -0.05) is 18.2 Å². The molecule has 0 bridgehead atoms. The lowest BCUT2D eigenvalue weighted by Crippen LogP contribution is -2.13. The molecule has 0 aliphatic heterocycles. The molecule has 0 fully saturated rings. The number of nitrogens with zero attached hydrogens (tertiary/aromatic N) is 3. The summed E-state index contributed by atoms with van der Waals surface area (Å²) in [7, 11) is 0. The molecule has 106 valence electrons. The number of aromatic amines is 1. The van der Waals surface area contributed by atoms with Gasteiger partial charge >= 0.3 is 0 Å². The van der Waals surface area contributed by atoms with Crippen LogP contribution in [0, 0.1) is 0 Å². The quantitative estimate of drug-likeness (QED) is 0.617. The Morgan fingerprint density at radius 3 is 2.86 bits per heavy atom. The van der Waals surface area contributed by atoms with E-state index in [1.807, 2.05) is 30.3 Å². The number of imidazole rings is 1. The maximum absolute atomic E-state index is 12.0. The van der Waals surface area contributed by atoms with E-state index >= 15 is 0 Å². The second-order valence-corrected chi connectivity index (χ2v) is 4.92. The minimum absolute atomic E-state index is 0.152. The van der Waals surface area contributed by atoms with Gasteiger partial charge < -0.3 is 4.98 Å². The molecule has 0 spiro atoms. The normalized spacial score (nSPS) is 10.9. The van der Waals surface area contributed by atoms with Gasteiger partial charge in [-0.15, -0.1) is 0 Å². The molecule has 0 aliphatic carbocycles. The summed E-state index contributed by atoms with van der Waals surface area (Å²) in [4.78, 5) is 23.4. The molecule has 5 nitrogen and oxygen atoms in total. The number of hydrogen-bond acceptors (Lipinski definition) is 3. The van der Waals surface area contributed by atoms with E-state index in [-0.39, 0.29) is 5.56 Å². The highest BCUT2D eigenvalue weighted by molar-refractivity contribution is 5.83. The Balaban J connectivity index is 1.91. The SMILES string of the molecule is O=c1[nH]cccc1-n1ccnc1-c1ccc2cccnc2c1. The van der Waals surface area contributed by atoms with Crippen LogP contribution in [0.5, 0.6) is 0 Å². The van der Waals surface area contributed by atoms with Gasteiger partial charge in [-0.05, 0) is 24.3 Å². The second-order valence-electron chi connectivity index (χ2n) is 4.92. The zero-order valence-electron chi connectivity index (χ0n) is 11.6. The van der Waals surface area contributed by atoms with Crippen LogP contribution in [0.2, 0.25) is 0 Å². The molecular weight excluding hydrogens is 276 g/mol. The maximum atomic E-state index is 12.0. The predicted molar refractivity (Wildman–Crippen MR) is 84.9 cm³/mol. The third kappa shape index (κ3) is 2.00. The van der Waals surface area contributed by atoms with E-state index < -0.39 is 0 Å². The van der Waals surface area contributed by atoms with E-state index in [0.717, 1.165) is 16.5 Å². The first-order valence-electron chi connectivity index (χ1n) is 6.89. The van der Waals surface area contributed by atoms with E-state index in [0.29, 0.717) is 11.5 Å². The lowest BCUT2D eigenvalue weighted by atomic mass is 10.1. The average molecular weight is 288 g/mol. The van der Waals surface area contributed by atoms with E-state index in [2.05, 4.69) is 15.0 Å². The van der Waals surface area contributed by atoms with Crippen LogP contribution >= 0.6 is 0 Å². The van der Waals surface area contributed by atoms with Gasteiger partial charge in [0.05, 0.1) is 5.52 Å². The summed E-state index contributed by atoms with van der Waals surface area (Å²) < 4.78 is 1.78. The van der Waals surface area contributed by atoms with Gasteiger partial charge in [-0.3, -0.25) is 14.3 Å². The monoisotopic (exact) mass is 288 g/mol. The van der Waals surface area contributed by atoms with Gasteiger partial charge in [0.25, 0.3) is 5.56 Å². The molecule has 3 aromatic heterocycles. The molecule has 4 rings (SSSR count). The van der Waals surface area contributed by atoms with Crippen molar-refractivity contribution in [2.45, 2.75) is 0 Å². The first-order valence-corrected chi connectivity index (χ1v) is 6.89. The summed E-state index contributed by atoms with van der Waals surface area (Å²) in [6.45, 7) is 0. The fourth-order valence-electron chi connectivity index (χ4n) is 2.52. The van der Waals surface area contributed by atoms with Crippen LogP contribution < -0.4 is 5.56 Å². The minimum atomic E-state index is -0.152. The van der Waals surface area contributed by atoms with Crippen molar-refractivity contribution >= 4 is 10.9 Å². The van der Waals surface area contributed by atoms with Gasteiger partial charge in [0.2, 0.25) is 0 Å². The third-order valence-corrected chi connectivity index (χ3v) is 3.56. The molecule has 1 aromatic carbocycles. The Morgan fingerprint density at radius 1 is 1.00 bits per heavy atom. The van der Waals surface area contributed by atoms with Crippen molar-refractivity contribution in [3.8, 4) is 17.1 Å². The van der Waals surface area contributed by atoms with E-state index in [1.54, 1.807) is 41.5 Å². The Bertz CT molecular complexity index is 1020. The number of pyridine rings is 2. The van der Waals surface area contributed by atoms with E-state index in [4.69, 9.17) is 0 Å². The van der Waals surface area contributed by atoms with Crippen LogP contribution in [0.1, 0.15) is 0 Å². The van der Waals surface area contributed by atoms with Crippen molar-refractivity contribution < 1.29 is 0 Å². The van der Waals surface area contributed by atoms with Crippen LogP contribution in [0.15, 0.2) is 72.0 Å². The molecule has 0 amide bonds. The van der Waals surface area contributed by atoms with Gasteiger partial charge in [-0.2, -0.15) is 0 Å². The van der Waals surface area contributed by atoms with E-state index in [1.165, 1.54) is 0 Å². The molecule has 0 saturated heterocycles. The number of benzene rings is 1. The third-order valence-electron chi connectivity index (χ3n) is 3.56. The molecule has 22 heavy (non-hydrogen) atoms. The number of aromatic nitrogens is 4. The van der Waals surface area contributed by atoms with Gasteiger partial charge in [0.15, 0.2) is 0 Å². The van der Waals surface area contributed by atoms with Crippen LogP contribution in [-0.2, 0) is 0 Å². The first kappa shape index (κ1) is 12.5. The molecule has 5 heteroatoms. The molecule has 1 N–H and O–H groups in total. The minimum Gasteiger partial charge on any atom is -0.327 e. The highest BCUT2D eigenvalue weighted by atomic mass is 16.1. The van der Waals surface area contributed by atoms with Gasteiger partial charge in [0, 0.05) is 35.7 Å². The molecule has 0 atom stereocenters. The summed E-state index contributed by atoms with van der Waals surface area (Å²) in [6, 6.07) is 13.5. The molecule has 0 radical (unpaired) electrons. The summed E-state index contributed by atoms with van der Waals surface area (Å²) in [5.74, 6) is 0.712. The maximum Gasteiger partial charge on any atom is 0.272 e. The summed E-state index contributed by atoms with van der Waals surface area (Å²) in [5, 5.41) is 1.07. The highest BCUT2D eigenvalue weighted by Crippen LogP contribution is 2.23. The van der Waals surface area contributed by atoms with Gasteiger partial charge in [-0.25, -0.2) is 4.98 Å². The van der Waals surface area contributed by atoms with Gasteiger partial charge in [0.1, 0.15) is 11.5 Å². The highest BCUT2D eigenvalue weighted by Gasteiger charge is 2.10. The van der Waals surface area contributed by atoms with Crippen molar-refractivity contribution in [2.75, 3.05) is 0 Å². The number of fused-ring (bicyclic) bond motifs is 1. The fraction of sp³-hybridized carbons (Fsp3) is 0. The van der Waals surface area contributed by atoms with Crippen LogP contribution in [-0.4, -0.2) is 19.5 Å². The number of nitrogens with one attached hydrogen (secondary N) is 1. The van der Waals surface area contributed by atoms with Crippen molar-refractivity contribution in [3.63, 3.8) is 0 Å². The largest absolute Gasteiger partial charge is 0.327 e. The second kappa shape index (κ2) is 4.96. The lowest BCUT2D eigenvalue weighted by molar-refractivity contribution is 1.02. The molecule has 0 aliphatic rings. The molecule has 0 saturated carbocycles. The van der Waals surface area contributed by atoms with E-state index in [9.17, 15) is 4.79 Å². The molecule has 3 heterocycles. The van der Waals surface area contributed by atoms with Crippen LogP contribution in [0.3, 0.4) is 0 Å². The lowest BCUT2D eigenvalue weighted by Gasteiger charge is -2.07. The Labute approximate surface area is 125 Å². The number of H-pyrrole nitrogens is 1. The smallest absolute Gasteiger partial charge is 0.272 e. The molecule has 0 unspecified atom stereocenters. The number of rotatable bonds is 2.